The molecule has 3 N–H and O–H groups in total. The zero-order valence-corrected chi connectivity index (χ0v) is 12.4. The first kappa shape index (κ1) is 14.3. The highest BCUT2D eigenvalue weighted by Gasteiger charge is 2.13. The fourth-order valence-electron chi connectivity index (χ4n) is 1.79. The molecule has 1 amide bonds. The van der Waals surface area contributed by atoms with Gasteiger partial charge in [-0.15, -0.1) is 0 Å². The maximum absolute atomic E-state index is 11.5. The van der Waals surface area contributed by atoms with Gasteiger partial charge in [-0.25, -0.2) is 4.98 Å². The summed E-state index contributed by atoms with van der Waals surface area (Å²) in [6, 6.07) is 3.26. The molecule has 0 unspecified atom stereocenters. The minimum atomic E-state index is -0.502. The number of hydrogen-bond donors (Lipinski definition) is 2. The van der Waals surface area contributed by atoms with Crippen LogP contribution in [-0.4, -0.2) is 15.9 Å². The third kappa shape index (κ3) is 2.72. The first-order valence-corrected chi connectivity index (χ1v) is 6.51. The number of nitrogens with zero attached hydrogens (tertiary/aromatic N) is 1. The molecule has 0 spiro atoms. The van der Waals surface area contributed by atoms with Crippen LogP contribution in [0.4, 0.5) is 0 Å². The van der Waals surface area contributed by atoms with Crippen LogP contribution in [0.15, 0.2) is 27.7 Å². The maximum atomic E-state index is 11.5. The average molecular weight is 338 g/mol. The van der Waals surface area contributed by atoms with Crippen molar-refractivity contribution in [3.63, 3.8) is 0 Å². The number of hydrogen-bond acceptors (Lipinski definition) is 4. The average Bonchev–Trinajstić information content (AvgIpc) is 2.38. The highest BCUT2D eigenvalue weighted by Crippen LogP contribution is 2.30. The molecule has 2 rings (SSSR count). The van der Waals surface area contributed by atoms with Crippen molar-refractivity contribution >= 4 is 21.8 Å². The van der Waals surface area contributed by atoms with Gasteiger partial charge in [0.1, 0.15) is 10.2 Å². The second kappa shape index (κ2) is 5.46. The SMILES string of the molecule is Cc1cc(C(N)=O)cc(C)c1Oc1nc[nH]c(=O)c1Br. The number of aromatic nitrogens is 2. The number of halogens is 1. The fourth-order valence-corrected chi connectivity index (χ4v) is 2.09. The summed E-state index contributed by atoms with van der Waals surface area (Å²) in [5, 5.41) is 0. The number of nitrogens with one attached hydrogen (secondary N) is 1. The van der Waals surface area contributed by atoms with Crippen molar-refractivity contribution in [1.29, 1.82) is 0 Å². The summed E-state index contributed by atoms with van der Waals surface area (Å²) in [5.41, 5.74) is 6.79. The van der Waals surface area contributed by atoms with E-state index >= 15 is 0 Å². The van der Waals surface area contributed by atoms with Gasteiger partial charge in [0.2, 0.25) is 11.8 Å². The molecule has 0 bridgehead atoms. The lowest BCUT2D eigenvalue weighted by atomic mass is 10.1. The number of aryl methyl sites for hydroxylation is 2. The zero-order valence-electron chi connectivity index (χ0n) is 10.9. The molecule has 1 aromatic heterocycles. The molecule has 0 aliphatic rings. The highest BCUT2D eigenvalue weighted by molar-refractivity contribution is 9.10. The van der Waals surface area contributed by atoms with E-state index < -0.39 is 5.91 Å². The number of ether oxygens (including phenoxy) is 1. The van der Waals surface area contributed by atoms with Crippen molar-refractivity contribution in [2.24, 2.45) is 5.73 Å². The van der Waals surface area contributed by atoms with Crippen LogP contribution in [0.1, 0.15) is 21.5 Å². The molecule has 0 atom stereocenters. The number of rotatable bonds is 3. The Morgan fingerprint density at radius 1 is 1.35 bits per heavy atom. The van der Waals surface area contributed by atoms with E-state index in [1.165, 1.54) is 6.33 Å². The number of H-pyrrole nitrogens is 1. The summed E-state index contributed by atoms with van der Waals surface area (Å²) in [4.78, 5) is 29.0. The summed E-state index contributed by atoms with van der Waals surface area (Å²) in [6.45, 7) is 3.58. The van der Waals surface area contributed by atoms with Crippen molar-refractivity contribution in [3.05, 3.63) is 50.0 Å². The zero-order chi connectivity index (χ0) is 14.9. The molecular formula is C13H12BrN3O3. The number of nitrogens with two attached hydrogens (primary N) is 1. The van der Waals surface area contributed by atoms with Crippen LogP contribution >= 0.6 is 15.9 Å². The molecule has 2 aromatic rings. The third-order valence-corrected chi connectivity index (χ3v) is 3.41. The Bertz CT molecular complexity index is 717. The van der Waals surface area contributed by atoms with Crippen molar-refractivity contribution in [2.45, 2.75) is 13.8 Å². The Morgan fingerprint density at radius 3 is 2.50 bits per heavy atom. The van der Waals surface area contributed by atoms with Gasteiger partial charge < -0.3 is 15.5 Å². The minimum absolute atomic E-state index is 0.159. The van der Waals surface area contributed by atoms with Crippen molar-refractivity contribution in [2.75, 3.05) is 0 Å². The normalized spacial score (nSPS) is 10.3. The topological polar surface area (TPSA) is 98.1 Å². The monoisotopic (exact) mass is 337 g/mol. The van der Waals surface area contributed by atoms with Crippen molar-refractivity contribution < 1.29 is 9.53 Å². The van der Waals surface area contributed by atoms with E-state index in [9.17, 15) is 9.59 Å². The van der Waals surface area contributed by atoms with Gasteiger partial charge in [-0.05, 0) is 53.0 Å². The van der Waals surface area contributed by atoms with Gasteiger partial charge in [0.05, 0.1) is 6.33 Å². The fraction of sp³-hybridized carbons (Fsp3) is 0.154. The number of carbonyl (C=O) groups excluding carboxylic acids is 1. The Morgan fingerprint density at radius 2 is 1.95 bits per heavy atom. The van der Waals surface area contributed by atoms with Crippen molar-refractivity contribution in [1.82, 2.24) is 9.97 Å². The molecule has 7 heteroatoms. The van der Waals surface area contributed by atoms with Crippen LogP contribution in [0, 0.1) is 13.8 Å². The van der Waals surface area contributed by atoms with Gasteiger partial charge in [-0.1, -0.05) is 0 Å². The molecular weight excluding hydrogens is 326 g/mol. The lowest BCUT2D eigenvalue weighted by Crippen LogP contribution is -2.12. The number of benzene rings is 1. The summed E-state index contributed by atoms with van der Waals surface area (Å²) < 4.78 is 5.86. The summed E-state index contributed by atoms with van der Waals surface area (Å²) in [6.07, 6.45) is 1.25. The molecule has 0 saturated heterocycles. The molecule has 0 saturated carbocycles. The molecule has 0 fully saturated rings. The quantitative estimate of drug-likeness (QED) is 0.895. The summed E-state index contributed by atoms with van der Waals surface area (Å²) in [5.74, 6) is 0.193. The van der Waals surface area contributed by atoms with Crippen LogP contribution < -0.4 is 16.0 Å². The van der Waals surface area contributed by atoms with Crippen molar-refractivity contribution in [3.8, 4) is 11.6 Å². The number of aromatic amines is 1. The van der Waals surface area contributed by atoms with E-state index in [-0.39, 0.29) is 15.9 Å². The maximum Gasteiger partial charge on any atom is 0.268 e. The van der Waals surface area contributed by atoms with Crippen LogP contribution in [0.2, 0.25) is 0 Å². The second-order valence-corrected chi connectivity index (χ2v) is 5.05. The molecule has 1 heterocycles. The Kier molecular flexibility index (Phi) is 3.89. The van der Waals surface area contributed by atoms with E-state index in [1.54, 1.807) is 26.0 Å². The molecule has 104 valence electrons. The van der Waals surface area contributed by atoms with Gasteiger partial charge in [-0.2, -0.15) is 0 Å². The molecule has 0 aliphatic carbocycles. The second-order valence-electron chi connectivity index (χ2n) is 4.26. The predicted octanol–water partition coefficient (Wildman–Crippen LogP) is 2.04. The molecule has 6 nitrogen and oxygen atoms in total. The van der Waals surface area contributed by atoms with E-state index in [0.29, 0.717) is 11.3 Å². The molecule has 1 aromatic carbocycles. The van der Waals surface area contributed by atoms with Gasteiger partial charge >= 0.3 is 0 Å². The van der Waals surface area contributed by atoms with Gasteiger partial charge in [0.25, 0.3) is 5.56 Å². The Hall–Kier alpha value is -2.15. The number of amides is 1. The van der Waals surface area contributed by atoms with Crippen LogP contribution in [0.5, 0.6) is 11.6 Å². The number of carbonyl (C=O) groups is 1. The first-order chi connectivity index (χ1) is 9.40. The Balaban J connectivity index is 2.47. The van der Waals surface area contributed by atoms with Crippen LogP contribution in [-0.2, 0) is 0 Å². The van der Waals surface area contributed by atoms with Crippen LogP contribution in [0.3, 0.4) is 0 Å². The summed E-state index contributed by atoms with van der Waals surface area (Å²) in [7, 11) is 0. The molecule has 20 heavy (non-hydrogen) atoms. The van der Waals surface area contributed by atoms with Crippen LogP contribution in [0.25, 0.3) is 0 Å². The first-order valence-electron chi connectivity index (χ1n) is 5.72. The highest BCUT2D eigenvalue weighted by atomic mass is 79.9. The van der Waals surface area contributed by atoms with E-state index in [4.69, 9.17) is 10.5 Å². The van der Waals surface area contributed by atoms with E-state index in [1.807, 2.05) is 0 Å². The third-order valence-electron chi connectivity index (χ3n) is 2.71. The lowest BCUT2D eigenvalue weighted by Gasteiger charge is -2.12. The van der Waals surface area contributed by atoms with Gasteiger partial charge in [-0.3, -0.25) is 9.59 Å². The number of primary amides is 1. The summed E-state index contributed by atoms with van der Waals surface area (Å²) >= 11 is 3.12. The predicted molar refractivity (Wildman–Crippen MR) is 77.1 cm³/mol. The van der Waals surface area contributed by atoms with Gasteiger partial charge in [0.15, 0.2) is 0 Å². The minimum Gasteiger partial charge on any atom is -0.437 e. The van der Waals surface area contributed by atoms with E-state index in [2.05, 4.69) is 25.9 Å². The lowest BCUT2D eigenvalue weighted by molar-refractivity contribution is 0.1000. The standard InChI is InChI=1S/C13H12BrN3O3/c1-6-3-8(11(15)18)4-7(2)10(6)20-13-9(14)12(19)16-5-17-13/h3-5H,1-2H3,(H2,15,18)(H,16,17,19). The molecule has 0 aliphatic heterocycles. The smallest absolute Gasteiger partial charge is 0.268 e. The largest absolute Gasteiger partial charge is 0.437 e. The van der Waals surface area contributed by atoms with E-state index in [0.717, 1.165) is 11.1 Å². The van der Waals surface area contributed by atoms with Gasteiger partial charge in [0, 0.05) is 5.56 Å². The molecule has 0 radical (unpaired) electrons. The Labute approximate surface area is 123 Å².